The van der Waals surface area contributed by atoms with Crippen LogP contribution in [0.4, 0.5) is 0 Å². The van der Waals surface area contributed by atoms with E-state index in [0.29, 0.717) is 37.7 Å². The summed E-state index contributed by atoms with van der Waals surface area (Å²) >= 11 is 0. The fourth-order valence-corrected chi connectivity index (χ4v) is 3.60. The summed E-state index contributed by atoms with van der Waals surface area (Å²) in [5.41, 5.74) is 2.10. The number of hydrogen-bond donors (Lipinski definition) is 1. The molecule has 0 saturated carbocycles. The summed E-state index contributed by atoms with van der Waals surface area (Å²) < 4.78 is 38.6. The summed E-state index contributed by atoms with van der Waals surface area (Å²) in [6, 6.07) is 12.7. The zero-order chi connectivity index (χ0) is 19.0. The van der Waals surface area contributed by atoms with Crippen LogP contribution in [0.5, 0.6) is 11.5 Å². The Hall–Kier alpha value is -2.05. The van der Waals surface area contributed by atoms with E-state index < -0.39 is 10.0 Å². The van der Waals surface area contributed by atoms with E-state index in [1.807, 2.05) is 51.1 Å². The molecule has 142 valence electrons. The molecular formula is C20H27NO4S. The van der Waals surface area contributed by atoms with Gasteiger partial charge in [-0.1, -0.05) is 25.1 Å². The third kappa shape index (κ3) is 5.47. The SMILES string of the molecule is CCOc1ccc(CCNS(=O)(=O)c2ccc(CC)cc2)cc1OCC. The van der Waals surface area contributed by atoms with E-state index in [1.165, 1.54) is 0 Å². The van der Waals surface area contributed by atoms with Crippen molar-refractivity contribution in [3.05, 3.63) is 53.6 Å². The summed E-state index contributed by atoms with van der Waals surface area (Å²) in [6.45, 7) is 7.30. The molecule has 2 rings (SSSR count). The van der Waals surface area contributed by atoms with Gasteiger partial charge in [0.1, 0.15) is 0 Å². The number of ether oxygens (including phenoxy) is 2. The summed E-state index contributed by atoms with van der Waals surface area (Å²) in [5.74, 6) is 1.39. The molecule has 26 heavy (non-hydrogen) atoms. The first-order chi connectivity index (χ1) is 12.5. The van der Waals surface area contributed by atoms with E-state index >= 15 is 0 Å². The lowest BCUT2D eigenvalue weighted by atomic mass is 10.1. The molecule has 0 unspecified atom stereocenters. The van der Waals surface area contributed by atoms with E-state index in [0.717, 1.165) is 17.5 Å². The number of rotatable bonds is 10. The van der Waals surface area contributed by atoms with Gasteiger partial charge < -0.3 is 9.47 Å². The van der Waals surface area contributed by atoms with Crippen molar-refractivity contribution in [3.8, 4) is 11.5 Å². The predicted octanol–water partition coefficient (Wildman–Crippen LogP) is 3.57. The molecule has 2 aromatic carbocycles. The van der Waals surface area contributed by atoms with Crippen LogP contribution in [0.15, 0.2) is 47.4 Å². The molecule has 2 aromatic rings. The highest BCUT2D eigenvalue weighted by atomic mass is 32.2. The monoisotopic (exact) mass is 377 g/mol. The van der Waals surface area contributed by atoms with E-state index in [-0.39, 0.29) is 4.90 Å². The number of sulfonamides is 1. The molecule has 0 aliphatic carbocycles. The lowest BCUT2D eigenvalue weighted by molar-refractivity contribution is 0.287. The second-order valence-corrected chi connectivity index (χ2v) is 7.56. The average Bonchev–Trinajstić information content (AvgIpc) is 2.64. The van der Waals surface area contributed by atoms with Crippen LogP contribution in [-0.4, -0.2) is 28.2 Å². The number of benzene rings is 2. The van der Waals surface area contributed by atoms with Crippen molar-refractivity contribution in [3.63, 3.8) is 0 Å². The first-order valence-corrected chi connectivity index (χ1v) is 10.5. The molecule has 0 spiro atoms. The Kier molecular flexibility index (Phi) is 7.48. The Balaban J connectivity index is 2.00. The third-order valence-corrected chi connectivity index (χ3v) is 5.43. The first-order valence-electron chi connectivity index (χ1n) is 8.97. The molecule has 0 saturated heterocycles. The van der Waals surface area contributed by atoms with E-state index in [1.54, 1.807) is 12.1 Å². The Morgan fingerprint density at radius 2 is 1.46 bits per heavy atom. The van der Waals surface area contributed by atoms with Gasteiger partial charge in [0, 0.05) is 6.54 Å². The van der Waals surface area contributed by atoms with Gasteiger partial charge in [-0.15, -0.1) is 0 Å². The van der Waals surface area contributed by atoms with Gasteiger partial charge in [-0.25, -0.2) is 13.1 Å². The summed E-state index contributed by atoms with van der Waals surface area (Å²) in [5, 5.41) is 0. The molecule has 1 N–H and O–H groups in total. The summed E-state index contributed by atoms with van der Waals surface area (Å²) in [7, 11) is -3.50. The highest BCUT2D eigenvalue weighted by Crippen LogP contribution is 2.28. The zero-order valence-corrected chi connectivity index (χ0v) is 16.4. The van der Waals surface area contributed by atoms with Gasteiger partial charge in [0.25, 0.3) is 0 Å². The molecule has 0 radical (unpaired) electrons. The molecule has 0 fully saturated rings. The predicted molar refractivity (Wildman–Crippen MR) is 103 cm³/mol. The van der Waals surface area contributed by atoms with Crippen LogP contribution in [0.2, 0.25) is 0 Å². The fraction of sp³-hybridized carbons (Fsp3) is 0.400. The van der Waals surface area contributed by atoms with Crippen molar-refractivity contribution in [1.29, 1.82) is 0 Å². The van der Waals surface area contributed by atoms with Crippen LogP contribution in [0.1, 0.15) is 31.9 Å². The topological polar surface area (TPSA) is 64.6 Å². The molecule has 0 aliphatic rings. The van der Waals surface area contributed by atoms with Crippen LogP contribution in [-0.2, 0) is 22.9 Å². The largest absolute Gasteiger partial charge is 0.490 e. The van der Waals surface area contributed by atoms with Crippen LogP contribution in [0, 0.1) is 0 Å². The molecule has 0 bridgehead atoms. The highest BCUT2D eigenvalue weighted by molar-refractivity contribution is 7.89. The van der Waals surface area contributed by atoms with Gasteiger partial charge in [0.2, 0.25) is 10.0 Å². The molecule has 6 heteroatoms. The number of hydrogen-bond acceptors (Lipinski definition) is 4. The quantitative estimate of drug-likeness (QED) is 0.687. The molecule has 0 aliphatic heterocycles. The smallest absolute Gasteiger partial charge is 0.240 e. The lowest BCUT2D eigenvalue weighted by Gasteiger charge is -2.13. The molecule has 0 amide bonds. The minimum absolute atomic E-state index is 0.288. The lowest BCUT2D eigenvalue weighted by Crippen LogP contribution is -2.26. The van der Waals surface area contributed by atoms with Crippen LogP contribution < -0.4 is 14.2 Å². The third-order valence-electron chi connectivity index (χ3n) is 3.96. The van der Waals surface area contributed by atoms with Crippen LogP contribution in [0.3, 0.4) is 0 Å². The molecule has 5 nitrogen and oxygen atoms in total. The average molecular weight is 378 g/mol. The Labute approximate surface area is 156 Å². The Morgan fingerprint density at radius 1 is 0.846 bits per heavy atom. The van der Waals surface area contributed by atoms with Gasteiger partial charge in [-0.05, 0) is 62.1 Å². The van der Waals surface area contributed by atoms with Crippen LogP contribution in [0.25, 0.3) is 0 Å². The molecule has 0 aromatic heterocycles. The number of nitrogens with one attached hydrogen (secondary N) is 1. The second-order valence-electron chi connectivity index (χ2n) is 5.79. The minimum Gasteiger partial charge on any atom is -0.490 e. The van der Waals surface area contributed by atoms with E-state index in [2.05, 4.69) is 4.72 Å². The summed E-state index contributed by atoms with van der Waals surface area (Å²) in [6.07, 6.45) is 1.45. The van der Waals surface area contributed by atoms with Crippen molar-refractivity contribution < 1.29 is 17.9 Å². The Bertz CT molecular complexity index is 801. The maximum atomic E-state index is 12.4. The maximum Gasteiger partial charge on any atom is 0.240 e. The molecular weight excluding hydrogens is 350 g/mol. The highest BCUT2D eigenvalue weighted by Gasteiger charge is 2.13. The van der Waals surface area contributed by atoms with Crippen molar-refractivity contribution in [2.75, 3.05) is 19.8 Å². The van der Waals surface area contributed by atoms with E-state index in [4.69, 9.17) is 9.47 Å². The van der Waals surface area contributed by atoms with Crippen molar-refractivity contribution in [1.82, 2.24) is 4.72 Å². The van der Waals surface area contributed by atoms with Gasteiger partial charge >= 0.3 is 0 Å². The molecule has 0 atom stereocenters. The molecule has 0 heterocycles. The minimum atomic E-state index is -3.50. The van der Waals surface area contributed by atoms with Crippen molar-refractivity contribution in [2.45, 2.75) is 38.5 Å². The van der Waals surface area contributed by atoms with Gasteiger partial charge in [0.15, 0.2) is 11.5 Å². The fourth-order valence-electron chi connectivity index (χ4n) is 2.57. The maximum absolute atomic E-state index is 12.4. The normalized spacial score (nSPS) is 11.3. The van der Waals surface area contributed by atoms with Crippen molar-refractivity contribution in [2.24, 2.45) is 0 Å². The number of aryl methyl sites for hydroxylation is 1. The summed E-state index contributed by atoms with van der Waals surface area (Å²) in [4.78, 5) is 0.288. The van der Waals surface area contributed by atoms with Gasteiger partial charge in [0.05, 0.1) is 18.1 Å². The second kappa shape index (κ2) is 9.59. The zero-order valence-electron chi connectivity index (χ0n) is 15.6. The van der Waals surface area contributed by atoms with Crippen molar-refractivity contribution >= 4 is 10.0 Å². The Morgan fingerprint density at radius 3 is 2.08 bits per heavy atom. The first kappa shape index (κ1) is 20.3. The van der Waals surface area contributed by atoms with Gasteiger partial charge in [-0.2, -0.15) is 0 Å². The standard InChI is InChI=1S/C20H27NO4S/c1-4-16-7-10-18(11-8-16)26(22,23)21-14-13-17-9-12-19(24-5-2)20(15-17)25-6-3/h7-12,15,21H,4-6,13-14H2,1-3H3. The van der Waals surface area contributed by atoms with E-state index in [9.17, 15) is 8.42 Å². The van der Waals surface area contributed by atoms with Gasteiger partial charge in [-0.3, -0.25) is 0 Å². The van der Waals surface area contributed by atoms with Crippen LogP contribution >= 0.6 is 0 Å².